The van der Waals surface area contributed by atoms with E-state index in [2.05, 4.69) is 0 Å². The molecule has 0 heterocycles. The number of aryl methyl sites for hydroxylation is 2. The Morgan fingerprint density at radius 2 is 1.68 bits per heavy atom. The first-order valence-corrected chi connectivity index (χ1v) is 6.04. The predicted molar refractivity (Wildman–Crippen MR) is 70.7 cm³/mol. The molecule has 2 aromatic carbocycles. The van der Waals surface area contributed by atoms with Gasteiger partial charge >= 0.3 is 0 Å². The number of benzene rings is 2. The molecular formula is C15H11ClF2O. The van der Waals surface area contributed by atoms with Crippen LogP contribution in [0.1, 0.15) is 27.0 Å². The number of rotatable bonds is 2. The summed E-state index contributed by atoms with van der Waals surface area (Å²) in [7, 11) is 0. The predicted octanol–water partition coefficient (Wildman–Crippen LogP) is 4.47. The van der Waals surface area contributed by atoms with Gasteiger partial charge in [0.1, 0.15) is 11.6 Å². The number of halogens is 3. The lowest BCUT2D eigenvalue weighted by Gasteiger charge is -2.06. The Hall–Kier alpha value is -1.74. The molecule has 1 nitrogen and oxygen atoms in total. The maximum absolute atomic E-state index is 13.7. The molecule has 0 radical (unpaired) electrons. The van der Waals surface area contributed by atoms with Gasteiger partial charge in [0.25, 0.3) is 0 Å². The molecule has 0 spiro atoms. The van der Waals surface area contributed by atoms with E-state index in [4.69, 9.17) is 11.6 Å². The van der Waals surface area contributed by atoms with E-state index in [0.29, 0.717) is 5.02 Å². The first-order valence-electron chi connectivity index (χ1n) is 5.66. The maximum atomic E-state index is 13.7. The summed E-state index contributed by atoms with van der Waals surface area (Å²) in [6.07, 6.45) is 0. The third kappa shape index (κ3) is 2.66. The number of ketones is 1. The van der Waals surface area contributed by atoms with Gasteiger partial charge in [-0.15, -0.1) is 0 Å². The molecule has 0 aliphatic carbocycles. The van der Waals surface area contributed by atoms with Crippen molar-refractivity contribution in [2.24, 2.45) is 0 Å². The summed E-state index contributed by atoms with van der Waals surface area (Å²) in [4.78, 5) is 12.1. The average Bonchev–Trinajstić information content (AvgIpc) is 2.36. The second kappa shape index (κ2) is 5.10. The van der Waals surface area contributed by atoms with Crippen molar-refractivity contribution in [3.63, 3.8) is 0 Å². The fourth-order valence-electron chi connectivity index (χ4n) is 1.71. The zero-order chi connectivity index (χ0) is 14.2. The van der Waals surface area contributed by atoms with Gasteiger partial charge in [-0.25, -0.2) is 8.78 Å². The monoisotopic (exact) mass is 280 g/mol. The van der Waals surface area contributed by atoms with Crippen LogP contribution in [0.15, 0.2) is 30.3 Å². The summed E-state index contributed by atoms with van der Waals surface area (Å²) < 4.78 is 27.2. The Balaban J connectivity index is 2.49. The highest BCUT2D eigenvalue weighted by Crippen LogP contribution is 2.21. The summed E-state index contributed by atoms with van der Waals surface area (Å²) in [5.41, 5.74) is 0.922. The van der Waals surface area contributed by atoms with Gasteiger partial charge in [-0.05, 0) is 43.2 Å². The van der Waals surface area contributed by atoms with Crippen LogP contribution in [0.3, 0.4) is 0 Å². The van der Waals surface area contributed by atoms with Gasteiger partial charge in [-0.3, -0.25) is 4.79 Å². The van der Waals surface area contributed by atoms with Crippen LogP contribution in [-0.2, 0) is 0 Å². The van der Waals surface area contributed by atoms with Crippen LogP contribution < -0.4 is 0 Å². The van der Waals surface area contributed by atoms with Gasteiger partial charge in [-0.2, -0.15) is 0 Å². The molecule has 19 heavy (non-hydrogen) atoms. The van der Waals surface area contributed by atoms with Crippen molar-refractivity contribution in [3.05, 3.63) is 69.2 Å². The lowest BCUT2D eigenvalue weighted by atomic mass is 10.0. The number of hydrogen-bond donors (Lipinski definition) is 0. The lowest BCUT2D eigenvalue weighted by Crippen LogP contribution is -2.06. The average molecular weight is 281 g/mol. The second-order valence-corrected chi connectivity index (χ2v) is 4.78. The molecule has 0 unspecified atom stereocenters. The molecule has 0 bridgehead atoms. The summed E-state index contributed by atoms with van der Waals surface area (Å²) in [6.45, 7) is 3.23. The Labute approximate surface area is 114 Å². The van der Waals surface area contributed by atoms with Crippen LogP contribution in [0.5, 0.6) is 0 Å². The topological polar surface area (TPSA) is 17.1 Å². The van der Waals surface area contributed by atoms with Gasteiger partial charge in [0.15, 0.2) is 5.78 Å². The molecule has 0 aromatic heterocycles. The van der Waals surface area contributed by atoms with Crippen molar-refractivity contribution in [1.82, 2.24) is 0 Å². The van der Waals surface area contributed by atoms with Crippen LogP contribution >= 0.6 is 11.6 Å². The van der Waals surface area contributed by atoms with E-state index in [1.165, 1.54) is 13.0 Å². The number of carbonyl (C=O) groups is 1. The van der Waals surface area contributed by atoms with Crippen LogP contribution in [-0.4, -0.2) is 5.78 Å². The highest BCUT2D eigenvalue weighted by atomic mass is 35.5. The minimum absolute atomic E-state index is 0.163. The highest BCUT2D eigenvalue weighted by Gasteiger charge is 2.17. The van der Waals surface area contributed by atoms with E-state index in [0.717, 1.165) is 17.7 Å². The van der Waals surface area contributed by atoms with Crippen molar-refractivity contribution < 1.29 is 13.6 Å². The number of carbonyl (C=O) groups excluding carboxylic acids is 1. The first kappa shape index (κ1) is 13.7. The SMILES string of the molecule is Cc1cc(F)c(C(=O)c2ccc(C)c(Cl)c2)cc1F. The first-order chi connectivity index (χ1) is 8.90. The molecule has 0 aliphatic rings. The summed E-state index contributed by atoms with van der Waals surface area (Å²) in [5, 5.41) is 0.416. The molecule has 0 N–H and O–H groups in total. The van der Waals surface area contributed by atoms with E-state index in [1.807, 2.05) is 0 Å². The fraction of sp³-hybridized carbons (Fsp3) is 0.133. The Morgan fingerprint density at radius 3 is 2.32 bits per heavy atom. The van der Waals surface area contributed by atoms with E-state index in [1.54, 1.807) is 19.1 Å². The molecule has 0 atom stereocenters. The third-order valence-corrected chi connectivity index (χ3v) is 3.33. The summed E-state index contributed by atoms with van der Waals surface area (Å²) in [5.74, 6) is -1.93. The Morgan fingerprint density at radius 1 is 1.00 bits per heavy atom. The van der Waals surface area contributed by atoms with Crippen LogP contribution in [0, 0.1) is 25.5 Å². The third-order valence-electron chi connectivity index (χ3n) is 2.93. The van der Waals surface area contributed by atoms with Crippen molar-refractivity contribution in [1.29, 1.82) is 0 Å². The number of hydrogen-bond acceptors (Lipinski definition) is 1. The fourth-order valence-corrected chi connectivity index (χ4v) is 1.89. The molecule has 98 valence electrons. The minimum Gasteiger partial charge on any atom is -0.288 e. The van der Waals surface area contributed by atoms with Crippen molar-refractivity contribution >= 4 is 17.4 Å². The van der Waals surface area contributed by atoms with Gasteiger partial charge in [0.05, 0.1) is 5.56 Å². The summed E-state index contributed by atoms with van der Waals surface area (Å²) in [6, 6.07) is 6.59. The van der Waals surface area contributed by atoms with Gasteiger partial charge in [0.2, 0.25) is 0 Å². The van der Waals surface area contributed by atoms with Crippen molar-refractivity contribution in [2.45, 2.75) is 13.8 Å². The lowest BCUT2D eigenvalue weighted by molar-refractivity contribution is 0.103. The van der Waals surface area contributed by atoms with E-state index in [9.17, 15) is 13.6 Å². The largest absolute Gasteiger partial charge is 0.288 e. The van der Waals surface area contributed by atoms with E-state index in [-0.39, 0.29) is 16.7 Å². The zero-order valence-corrected chi connectivity index (χ0v) is 11.2. The second-order valence-electron chi connectivity index (χ2n) is 4.37. The van der Waals surface area contributed by atoms with E-state index < -0.39 is 17.4 Å². The van der Waals surface area contributed by atoms with Gasteiger partial charge in [0, 0.05) is 10.6 Å². The van der Waals surface area contributed by atoms with Crippen molar-refractivity contribution in [3.8, 4) is 0 Å². The maximum Gasteiger partial charge on any atom is 0.196 e. The minimum atomic E-state index is -0.736. The van der Waals surface area contributed by atoms with Crippen LogP contribution in [0.2, 0.25) is 5.02 Å². The molecule has 2 aromatic rings. The molecule has 0 fully saturated rings. The molecule has 0 amide bonds. The zero-order valence-electron chi connectivity index (χ0n) is 10.4. The Kier molecular flexibility index (Phi) is 3.67. The summed E-state index contributed by atoms with van der Waals surface area (Å²) >= 11 is 5.92. The van der Waals surface area contributed by atoms with E-state index >= 15 is 0 Å². The normalized spacial score (nSPS) is 10.6. The van der Waals surface area contributed by atoms with Crippen LogP contribution in [0.4, 0.5) is 8.78 Å². The van der Waals surface area contributed by atoms with Crippen LogP contribution in [0.25, 0.3) is 0 Å². The molecule has 0 aliphatic heterocycles. The quantitative estimate of drug-likeness (QED) is 0.742. The van der Waals surface area contributed by atoms with Gasteiger partial charge < -0.3 is 0 Å². The molecule has 4 heteroatoms. The molecular weight excluding hydrogens is 270 g/mol. The molecule has 0 saturated heterocycles. The molecule has 0 saturated carbocycles. The highest BCUT2D eigenvalue weighted by molar-refractivity contribution is 6.31. The standard InChI is InChI=1S/C15H11ClF2O/c1-8-3-4-10(6-12(8)16)15(19)11-7-13(17)9(2)5-14(11)18/h3-7H,1-2H3. The Bertz CT molecular complexity index is 665. The van der Waals surface area contributed by atoms with Gasteiger partial charge in [-0.1, -0.05) is 23.7 Å². The molecule has 2 rings (SSSR count). The smallest absolute Gasteiger partial charge is 0.196 e. The van der Waals surface area contributed by atoms with Crippen molar-refractivity contribution in [2.75, 3.05) is 0 Å².